The lowest BCUT2D eigenvalue weighted by atomic mass is 10.3. The number of thioether (sulfide) groups is 1. The van der Waals surface area contributed by atoms with Crippen molar-refractivity contribution in [2.24, 2.45) is 0 Å². The summed E-state index contributed by atoms with van der Waals surface area (Å²) in [6.45, 7) is 0. The maximum Gasteiger partial charge on any atom is 0.279 e. The van der Waals surface area contributed by atoms with E-state index in [2.05, 4.69) is 5.32 Å². The van der Waals surface area contributed by atoms with Crippen molar-refractivity contribution in [2.75, 3.05) is 5.75 Å². The summed E-state index contributed by atoms with van der Waals surface area (Å²) in [5.41, 5.74) is 6.60. The third-order valence-corrected chi connectivity index (χ3v) is 1.87. The first-order valence-electron chi connectivity index (χ1n) is 2.39. The van der Waals surface area contributed by atoms with Gasteiger partial charge < -0.3 is 5.32 Å². The van der Waals surface area contributed by atoms with Crippen molar-refractivity contribution in [3.63, 3.8) is 0 Å². The fraction of sp³-hybridized carbons (Fsp3) is 0.500. The van der Waals surface area contributed by atoms with E-state index in [-0.39, 0.29) is 5.24 Å². The molecule has 1 aliphatic rings. The predicted molar refractivity (Wildman–Crippen MR) is 32.9 cm³/mol. The maximum atomic E-state index is 10.4. The average Bonchev–Trinajstić information content (AvgIpc) is 2.14. The summed E-state index contributed by atoms with van der Waals surface area (Å²) in [5, 5.41) is 2.13. The SMILES string of the molecule is [NH]C(=O)C1CSC(=O)N1. The molecule has 1 fully saturated rings. The van der Waals surface area contributed by atoms with Crippen LogP contribution in [0.2, 0.25) is 0 Å². The van der Waals surface area contributed by atoms with Crippen molar-refractivity contribution in [3.8, 4) is 0 Å². The second-order valence-electron chi connectivity index (χ2n) is 1.66. The van der Waals surface area contributed by atoms with E-state index in [9.17, 15) is 9.59 Å². The molecule has 1 heterocycles. The van der Waals surface area contributed by atoms with Crippen LogP contribution in [-0.4, -0.2) is 22.9 Å². The van der Waals surface area contributed by atoms with E-state index >= 15 is 0 Å². The molecule has 9 heavy (non-hydrogen) atoms. The maximum absolute atomic E-state index is 10.4. The van der Waals surface area contributed by atoms with Gasteiger partial charge in [0.2, 0.25) is 0 Å². The fourth-order valence-electron chi connectivity index (χ4n) is 0.526. The summed E-state index contributed by atoms with van der Waals surface area (Å²) in [7, 11) is 0. The van der Waals surface area contributed by atoms with E-state index in [0.717, 1.165) is 11.8 Å². The van der Waals surface area contributed by atoms with Crippen LogP contribution < -0.4 is 11.1 Å². The number of rotatable bonds is 1. The first-order chi connectivity index (χ1) is 4.20. The quantitative estimate of drug-likeness (QED) is 0.546. The van der Waals surface area contributed by atoms with Crippen molar-refractivity contribution in [1.82, 2.24) is 11.1 Å². The summed E-state index contributed by atoms with van der Waals surface area (Å²) in [5.74, 6) is -0.311. The molecule has 1 radical (unpaired) electrons. The molecule has 49 valence electrons. The fourth-order valence-corrected chi connectivity index (χ4v) is 1.30. The highest BCUT2D eigenvalue weighted by Crippen LogP contribution is 2.12. The zero-order chi connectivity index (χ0) is 6.85. The Balaban J connectivity index is 2.48. The highest BCUT2D eigenvalue weighted by molar-refractivity contribution is 8.14. The number of carbonyl (C=O) groups excluding carboxylic acids is 2. The second kappa shape index (κ2) is 2.26. The highest BCUT2D eigenvalue weighted by atomic mass is 32.2. The van der Waals surface area contributed by atoms with Crippen LogP contribution in [0.4, 0.5) is 4.79 Å². The minimum Gasteiger partial charge on any atom is -0.334 e. The molecular formula is C4H5N2O2S. The van der Waals surface area contributed by atoms with Crippen LogP contribution in [0.15, 0.2) is 0 Å². The second-order valence-corrected chi connectivity index (χ2v) is 2.65. The normalized spacial score (nSPS) is 25.8. The minimum absolute atomic E-state index is 0.208. The lowest BCUT2D eigenvalue weighted by Gasteiger charge is -1.98. The molecule has 2 N–H and O–H groups in total. The van der Waals surface area contributed by atoms with Gasteiger partial charge in [-0.05, 0) is 0 Å². The lowest BCUT2D eigenvalue weighted by molar-refractivity contribution is -0.119. The molecule has 1 saturated heterocycles. The van der Waals surface area contributed by atoms with E-state index in [0.29, 0.717) is 5.75 Å². The molecule has 0 saturated carbocycles. The van der Waals surface area contributed by atoms with Crippen molar-refractivity contribution in [1.29, 1.82) is 0 Å². The van der Waals surface area contributed by atoms with Crippen molar-refractivity contribution in [2.45, 2.75) is 6.04 Å². The van der Waals surface area contributed by atoms with Crippen LogP contribution in [0.5, 0.6) is 0 Å². The minimum atomic E-state index is -0.714. The molecular weight excluding hydrogens is 140 g/mol. The standard InChI is InChI=1S/C4H5N2O2S/c5-3(7)2-1-9-4(8)6-2/h2,5H,1H2,(H,6,8). The molecule has 0 aromatic heterocycles. The molecule has 0 spiro atoms. The number of hydrogen-bond donors (Lipinski definition) is 1. The average molecular weight is 145 g/mol. The molecule has 2 amide bonds. The topological polar surface area (TPSA) is 70.0 Å². The monoisotopic (exact) mass is 145 g/mol. The first kappa shape index (κ1) is 6.41. The zero-order valence-corrected chi connectivity index (χ0v) is 5.33. The van der Waals surface area contributed by atoms with Crippen LogP contribution in [0, 0.1) is 0 Å². The Morgan fingerprint density at radius 3 is 2.78 bits per heavy atom. The van der Waals surface area contributed by atoms with Crippen LogP contribution in [0.3, 0.4) is 0 Å². The van der Waals surface area contributed by atoms with Gasteiger partial charge in [0.15, 0.2) is 0 Å². The first-order valence-corrected chi connectivity index (χ1v) is 3.37. The van der Waals surface area contributed by atoms with Gasteiger partial charge in [0.05, 0.1) is 0 Å². The molecule has 1 unspecified atom stereocenters. The van der Waals surface area contributed by atoms with Gasteiger partial charge in [-0.15, -0.1) is 0 Å². The van der Waals surface area contributed by atoms with Crippen LogP contribution in [0.25, 0.3) is 0 Å². The van der Waals surface area contributed by atoms with Crippen molar-refractivity contribution in [3.05, 3.63) is 0 Å². The summed E-state index contributed by atoms with van der Waals surface area (Å²) < 4.78 is 0. The van der Waals surface area contributed by atoms with Gasteiger partial charge in [0.25, 0.3) is 11.1 Å². The van der Waals surface area contributed by atoms with Gasteiger partial charge >= 0.3 is 0 Å². The van der Waals surface area contributed by atoms with Gasteiger partial charge in [-0.3, -0.25) is 15.3 Å². The van der Waals surface area contributed by atoms with Gasteiger partial charge in [-0.25, -0.2) is 0 Å². The Morgan fingerprint density at radius 2 is 2.56 bits per heavy atom. The van der Waals surface area contributed by atoms with E-state index < -0.39 is 11.9 Å². The largest absolute Gasteiger partial charge is 0.334 e. The molecule has 0 aromatic carbocycles. The molecule has 0 aromatic rings. The lowest BCUT2D eigenvalue weighted by Crippen LogP contribution is -2.34. The highest BCUT2D eigenvalue weighted by Gasteiger charge is 2.25. The van der Waals surface area contributed by atoms with Crippen LogP contribution in [-0.2, 0) is 4.79 Å². The van der Waals surface area contributed by atoms with Crippen LogP contribution in [0.1, 0.15) is 0 Å². The Kier molecular flexibility index (Phi) is 1.61. The zero-order valence-electron chi connectivity index (χ0n) is 4.51. The Hall–Kier alpha value is -0.710. The number of carbonyl (C=O) groups is 2. The van der Waals surface area contributed by atoms with Gasteiger partial charge in [-0.1, -0.05) is 11.8 Å². The number of nitrogens with one attached hydrogen (secondary N) is 2. The Labute approximate surface area is 56.2 Å². The van der Waals surface area contributed by atoms with E-state index in [1.54, 1.807) is 0 Å². The van der Waals surface area contributed by atoms with Crippen molar-refractivity contribution < 1.29 is 9.59 Å². The van der Waals surface area contributed by atoms with Gasteiger partial charge in [0, 0.05) is 5.75 Å². The summed E-state index contributed by atoms with van der Waals surface area (Å²) in [4.78, 5) is 20.6. The van der Waals surface area contributed by atoms with Gasteiger partial charge in [-0.2, -0.15) is 0 Å². The molecule has 1 rings (SSSR count). The molecule has 5 heteroatoms. The van der Waals surface area contributed by atoms with Crippen molar-refractivity contribution >= 4 is 22.9 Å². The van der Waals surface area contributed by atoms with E-state index in [1.165, 1.54) is 0 Å². The Bertz CT molecular complexity index is 159. The third-order valence-electron chi connectivity index (χ3n) is 0.990. The molecule has 4 nitrogen and oxygen atoms in total. The molecule has 0 aliphatic carbocycles. The summed E-state index contributed by atoms with van der Waals surface area (Å²) >= 11 is 1.04. The molecule has 1 atom stereocenters. The number of hydrogen-bond acceptors (Lipinski definition) is 3. The third kappa shape index (κ3) is 1.35. The predicted octanol–water partition coefficient (Wildman–Crippen LogP) is -0.379. The molecule has 1 aliphatic heterocycles. The van der Waals surface area contributed by atoms with Crippen LogP contribution >= 0.6 is 11.8 Å². The van der Waals surface area contributed by atoms with E-state index in [1.807, 2.05) is 0 Å². The van der Waals surface area contributed by atoms with Gasteiger partial charge in [0.1, 0.15) is 6.04 Å². The smallest absolute Gasteiger partial charge is 0.279 e. The summed E-state index contributed by atoms with van der Waals surface area (Å²) in [6.07, 6.45) is 0. The molecule has 0 bridgehead atoms. The Morgan fingerprint density at radius 1 is 1.89 bits per heavy atom. The number of amides is 2. The van der Waals surface area contributed by atoms with E-state index in [4.69, 9.17) is 5.73 Å². The summed E-state index contributed by atoms with van der Waals surface area (Å²) in [6, 6.07) is -0.567.